The zero-order chi connectivity index (χ0) is 17.1. The predicted molar refractivity (Wildman–Crippen MR) is 102 cm³/mol. The second-order valence-corrected chi connectivity index (χ2v) is 7.66. The molecule has 25 heavy (non-hydrogen) atoms. The number of hydrogen-bond acceptors (Lipinski definition) is 6. The Bertz CT molecular complexity index is 912. The van der Waals surface area contributed by atoms with Crippen molar-refractivity contribution in [2.24, 2.45) is 0 Å². The maximum Gasteiger partial charge on any atom is 0.240 e. The number of benzene rings is 1. The fraction of sp³-hybridized carbons (Fsp3) is 0.158. The first-order valence-electron chi connectivity index (χ1n) is 7.99. The average Bonchev–Trinajstić information content (AvgIpc) is 3.39. The summed E-state index contributed by atoms with van der Waals surface area (Å²) in [6.45, 7) is 2.62. The Hall–Kier alpha value is -2.28. The van der Waals surface area contributed by atoms with Crippen LogP contribution in [0.5, 0.6) is 0 Å². The summed E-state index contributed by atoms with van der Waals surface area (Å²) in [6, 6.07) is 16.9. The van der Waals surface area contributed by atoms with E-state index in [1.165, 1.54) is 16.0 Å². The molecule has 6 heteroatoms. The SMILES string of the molecule is Cc1ccc([C@@H](NCc2nc(-c3cccs3)no2)c2cccs2)cc1. The molecule has 3 aromatic heterocycles. The van der Waals surface area contributed by atoms with Gasteiger partial charge < -0.3 is 4.52 Å². The second kappa shape index (κ2) is 7.31. The van der Waals surface area contributed by atoms with Crippen molar-refractivity contribution in [1.82, 2.24) is 15.5 Å². The van der Waals surface area contributed by atoms with Gasteiger partial charge in [0.05, 0.1) is 17.5 Å². The Kier molecular flexibility index (Phi) is 4.74. The van der Waals surface area contributed by atoms with E-state index in [1.54, 1.807) is 22.7 Å². The van der Waals surface area contributed by atoms with Gasteiger partial charge in [0.2, 0.25) is 11.7 Å². The van der Waals surface area contributed by atoms with Crippen LogP contribution in [0, 0.1) is 6.92 Å². The number of rotatable bonds is 6. The minimum absolute atomic E-state index is 0.109. The maximum absolute atomic E-state index is 5.40. The van der Waals surface area contributed by atoms with E-state index >= 15 is 0 Å². The van der Waals surface area contributed by atoms with Crippen LogP contribution in [-0.2, 0) is 6.54 Å². The summed E-state index contributed by atoms with van der Waals surface area (Å²) >= 11 is 3.35. The standard InChI is InChI=1S/C19H17N3OS2/c1-13-6-8-14(9-7-13)18(15-4-2-10-24-15)20-12-17-21-19(22-23-17)16-5-3-11-25-16/h2-11,18,20H,12H2,1H3/t18-/m1/s1. The fourth-order valence-electron chi connectivity index (χ4n) is 2.62. The van der Waals surface area contributed by atoms with Crippen molar-refractivity contribution in [3.63, 3.8) is 0 Å². The van der Waals surface area contributed by atoms with Crippen LogP contribution < -0.4 is 5.32 Å². The summed E-state index contributed by atoms with van der Waals surface area (Å²) in [4.78, 5) is 6.77. The number of hydrogen-bond donors (Lipinski definition) is 1. The summed E-state index contributed by atoms with van der Waals surface area (Å²) in [5.74, 6) is 1.24. The molecule has 0 bridgehead atoms. The molecule has 1 aromatic carbocycles. The summed E-state index contributed by atoms with van der Waals surface area (Å²) < 4.78 is 5.40. The second-order valence-electron chi connectivity index (χ2n) is 5.73. The van der Waals surface area contributed by atoms with Crippen molar-refractivity contribution in [2.45, 2.75) is 19.5 Å². The number of aryl methyl sites for hydroxylation is 1. The Balaban J connectivity index is 1.52. The molecule has 0 radical (unpaired) electrons. The Morgan fingerprint density at radius 2 is 1.84 bits per heavy atom. The van der Waals surface area contributed by atoms with Gasteiger partial charge in [-0.15, -0.1) is 22.7 Å². The molecule has 0 aliphatic carbocycles. The van der Waals surface area contributed by atoms with Crippen LogP contribution in [-0.4, -0.2) is 10.1 Å². The largest absolute Gasteiger partial charge is 0.338 e. The topological polar surface area (TPSA) is 51.0 Å². The van der Waals surface area contributed by atoms with E-state index < -0.39 is 0 Å². The highest BCUT2D eigenvalue weighted by Gasteiger charge is 2.17. The molecule has 1 N–H and O–H groups in total. The Morgan fingerprint density at radius 3 is 2.56 bits per heavy atom. The van der Waals surface area contributed by atoms with Crippen molar-refractivity contribution in [2.75, 3.05) is 0 Å². The van der Waals surface area contributed by atoms with Gasteiger partial charge in [-0.3, -0.25) is 5.32 Å². The molecule has 3 heterocycles. The van der Waals surface area contributed by atoms with Crippen molar-refractivity contribution in [1.29, 1.82) is 0 Å². The lowest BCUT2D eigenvalue weighted by Crippen LogP contribution is -2.21. The van der Waals surface area contributed by atoms with Crippen LogP contribution in [0.4, 0.5) is 0 Å². The molecule has 4 aromatic rings. The number of nitrogens with one attached hydrogen (secondary N) is 1. The Morgan fingerprint density at radius 1 is 1.04 bits per heavy atom. The number of nitrogens with zero attached hydrogens (tertiary/aromatic N) is 2. The van der Waals surface area contributed by atoms with Gasteiger partial charge in [-0.2, -0.15) is 4.98 Å². The van der Waals surface area contributed by atoms with Gasteiger partial charge in [0.15, 0.2) is 0 Å². The molecule has 4 rings (SSSR count). The molecule has 0 saturated heterocycles. The average molecular weight is 367 g/mol. The van der Waals surface area contributed by atoms with E-state index in [0.29, 0.717) is 18.3 Å². The van der Waals surface area contributed by atoms with Crippen LogP contribution >= 0.6 is 22.7 Å². The quantitative estimate of drug-likeness (QED) is 0.518. The molecular formula is C19H17N3OS2. The minimum Gasteiger partial charge on any atom is -0.338 e. The molecule has 0 aliphatic heterocycles. The van der Waals surface area contributed by atoms with Crippen molar-refractivity contribution < 1.29 is 4.52 Å². The van der Waals surface area contributed by atoms with Crippen molar-refractivity contribution >= 4 is 22.7 Å². The highest BCUT2D eigenvalue weighted by atomic mass is 32.1. The third kappa shape index (κ3) is 3.71. The van der Waals surface area contributed by atoms with Crippen LogP contribution in [0.15, 0.2) is 63.8 Å². The molecule has 0 fully saturated rings. The first-order chi connectivity index (χ1) is 12.3. The molecule has 0 amide bonds. The Labute approximate surface area is 154 Å². The van der Waals surface area contributed by atoms with E-state index in [-0.39, 0.29) is 6.04 Å². The maximum atomic E-state index is 5.40. The molecule has 1 atom stereocenters. The lowest BCUT2D eigenvalue weighted by atomic mass is 10.0. The van der Waals surface area contributed by atoms with Crippen LogP contribution in [0.3, 0.4) is 0 Å². The van der Waals surface area contributed by atoms with Gasteiger partial charge in [-0.25, -0.2) is 0 Å². The summed E-state index contributed by atoms with van der Waals surface area (Å²) in [5, 5.41) is 11.7. The van der Waals surface area contributed by atoms with E-state index in [0.717, 1.165) is 4.88 Å². The molecular weight excluding hydrogens is 350 g/mol. The number of thiophene rings is 2. The zero-order valence-corrected chi connectivity index (χ0v) is 15.3. The van der Waals surface area contributed by atoms with Crippen LogP contribution in [0.1, 0.15) is 27.9 Å². The third-order valence-electron chi connectivity index (χ3n) is 3.91. The normalized spacial score (nSPS) is 12.4. The van der Waals surface area contributed by atoms with Gasteiger partial charge in [0, 0.05) is 4.88 Å². The summed E-state index contributed by atoms with van der Waals surface area (Å²) in [7, 11) is 0. The first kappa shape index (κ1) is 16.2. The van der Waals surface area contributed by atoms with E-state index in [2.05, 4.69) is 64.2 Å². The van der Waals surface area contributed by atoms with Gasteiger partial charge in [-0.1, -0.05) is 47.1 Å². The van der Waals surface area contributed by atoms with E-state index in [1.807, 2.05) is 17.5 Å². The highest BCUT2D eigenvalue weighted by Crippen LogP contribution is 2.27. The molecule has 0 spiro atoms. The van der Waals surface area contributed by atoms with Crippen molar-refractivity contribution in [3.05, 3.63) is 81.2 Å². The zero-order valence-electron chi connectivity index (χ0n) is 13.7. The summed E-state index contributed by atoms with van der Waals surface area (Å²) in [6.07, 6.45) is 0. The molecule has 4 nitrogen and oxygen atoms in total. The van der Waals surface area contributed by atoms with Gasteiger partial charge in [0.25, 0.3) is 0 Å². The first-order valence-corrected chi connectivity index (χ1v) is 9.75. The van der Waals surface area contributed by atoms with Gasteiger partial charge >= 0.3 is 0 Å². The van der Waals surface area contributed by atoms with Crippen molar-refractivity contribution in [3.8, 4) is 10.7 Å². The highest BCUT2D eigenvalue weighted by molar-refractivity contribution is 7.13. The predicted octanol–water partition coefficient (Wildman–Crippen LogP) is 5.05. The molecule has 126 valence electrons. The van der Waals surface area contributed by atoms with Crippen LogP contribution in [0.2, 0.25) is 0 Å². The molecule has 0 saturated carbocycles. The van der Waals surface area contributed by atoms with E-state index in [4.69, 9.17) is 4.52 Å². The van der Waals surface area contributed by atoms with Crippen LogP contribution in [0.25, 0.3) is 10.7 Å². The number of aromatic nitrogens is 2. The van der Waals surface area contributed by atoms with Gasteiger partial charge in [0.1, 0.15) is 0 Å². The smallest absolute Gasteiger partial charge is 0.240 e. The lowest BCUT2D eigenvalue weighted by molar-refractivity contribution is 0.363. The third-order valence-corrected chi connectivity index (χ3v) is 5.71. The van der Waals surface area contributed by atoms with E-state index in [9.17, 15) is 0 Å². The van der Waals surface area contributed by atoms with Gasteiger partial charge in [-0.05, 0) is 35.4 Å². The molecule has 0 unspecified atom stereocenters. The fourth-order valence-corrected chi connectivity index (χ4v) is 4.10. The lowest BCUT2D eigenvalue weighted by Gasteiger charge is -2.17. The minimum atomic E-state index is 0.109. The molecule has 0 aliphatic rings. The summed E-state index contributed by atoms with van der Waals surface area (Å²) in [5.41, 5.74) is 2.48. The monoisotopic (exact) mass is 367 g/mol.